The highest BCUT2D eigenvalue weighted by Crippen LogP contribution is 2.47. The number of benzene rings is 1. The summed E-state index contributed by atoms with van der Waals surface area (Å²) in [4.78, 5) is 50.6. The molecule has 1 amide bonds. The van der Waals surface area contributed by atoms with Crippen molar-refractivity contribution in [2.75, 3.05) is 13.7 Å². The van der Waals surface area contributed by atoms with Gasteiger partial charge in [-0.3, -0.25) is 33.1 Å². The first-order valence-corrected chi connectivity index (χ1v) is 15.7. The summed E-state index contributed by atoms with van der Waals surface area (Å²) >= 11 is 0. The number of carbonyl (C=O) groups excluding carboxylic acids is 2. The van der Waals surface area contributed by atoms with E-state index in [2.05, 4.69) is 15.5 Å². The zero-order chi connectivity index (χ0) is 34.0. The number of hydrogen-bond donors (Lipinski definition) is 4. The average molecular weight is 667 g/mol. The number of nitrogens with one attached hydrogen (secondary N) is 3. The van der Waals surface area contributed by atoms with Gasteiger partial charge in [0.15, 0.2) is 17.6 Å². The van der Waals surface area contributed by atoms with E-state index in [1.54, 1.807) is 39.2 Å². The van der Waals surface area contributed by atoms with Crippen LogP contribution in [-0.2, 0) is 30.4 Å². The Bertz CT molecular complexity index is 1740. The van der Waals surface area contributed by atoms with E-state index in [1.165, 1.54) is 30.8 Å². The summed E-state index contributed by atoms with van der Waals surface area (Å²) in [6.07, 6.45) is -2.82. The van der Waals surface area contributed by atoms with Crippen molar-refractivity contribution in [2.24, 2.45) is 7.05 Å². The van der Waals surface area contributed by atoms with Gasteiger partial charge in [-0.2, -0.15) is 10.2 Å². The molecule has 18 heteroatoms. The second-order valence-electron chi connectivity index (χ2n) is 11.0. The predicted octanol–water partition coefficient (Wildman–Crippen LogP) is 1.42. The van der Waals surface area contributed by atoms with Gasteiger partial charge in [-0.05, 0) is 45.4 Å². The molecule has 1 unspecified atom stereocenters. The number of rotatable bonds is 12. The molecule has 4 N–H and O–H groups in total. The van der Waals surface area contributed by atoms with E-state index in [4.69, 9.17) is 18.5 Å². The number of hydrogen-bond acceptors (Lipinski definition) is 11. The number of esters is 1. The maximum Gasteiger partial charge on any atom is 0.459 e. The number of aryl methyl sites for hydroxylation is 1. The minimum absolute atomic E-state index is 0.0234. The van der Waals surface area contributed by atoms with Crippen LogP contribution in [0.25, 0.3) is 11.1 Å². The van der Waals surface area contributed by atoms with Crippen LogP contribution in [0.4, 0.5) is 4.39 Å². The molecule has 1 aliphatic heterocycles. The monoisotopic (exact) mass is 666 g/mol. The molecule has 0 saturated carbocycles. The summed E-state index contributed by atoms with van der Waals surface area (Å²) in [5.41, 5.74) is -2.93. The molecular formula is C28H36FN6O10P. The SMILES string of the molecule is CNC(=O)c1nn(C)cc1-c1ccc(OP(=O)(N[C@@H](C)C(=O)OC(C)C)OC[C@H]2O[C@@H](n3ccc(=O)[nH]c3=O)[C@](C)(F)[C@@H]2O)cc1. The first kappa shape index (κ1) is 34.7. The van der Waals surface area contributed by atoms with E-state index >= 15 is 4.39 Å². The molecule has 3 aromatic rings. The van der Waals surface area contributed by atoms with Crippen LogP contribution in [-0.4, -0.2) is 80.0 Å². The summed E-state index contributed by atoms with van der Waals surface area (Å²) in [6, 6.07) is 5.85. The van der Waals surface area contributed by atoms with Gasteiger partial charge in [0.2, 0.25) is 0 Å². The molecule has 46 heavy (non-hydrogen) atoms. The van der Waals surface area contributed by atoms with E-state index in [-0.39, 0.29) is 11.4 Å². The van der Waals surface area contributed by atoms with Gasteiger partial charge in [0.05, 0.1) is 12.7 Å². The Kier molecular flexibility index (Phi) is 10.3. The number of H-pyrrole nitrogens is 1. The lowest BCUT2D eigenvalue weighted by Crippen LogP contribution is -2.43. The molecule has 0 radical (unpaired) electrons. The van der Waals surface area contributed by atoms with E-state index in [0.29, 0.717) is 11.1 Å². The molecule has 1 saturated heterocycles. The molecule has 2 aromatic heterocycles. The summed E-state index contributed by atoms with van der Waals surface area (Å²) in [7, 11) is -1.36. The molecule has 3 heterocycles. The summed E-state index contributed by atoms with van der Waals surface area (Å²) in [6.45, 7) is 4.92. The van der Waals surface area contributed by atoms with Crippen molar-refractivity contribution in [3.05, 3.63) is 69.3 Å². The molecule has 16 nitrogen and oxygen atoms in total. The van der Waals surface area contributed by atoms with Crippen molar-refractivity contribution in [1.29, 1.82) is 0 Å². The molecule has 250 valence electrons. The Morgan fingerprint density at radius 2 is 1.89 bits per heavy atom. The third-order valence-electron chi connectivity index (χ3n) is 6.95. The van der Waals surface area contributed by atoms with E-state index in [9.17, 15) is 28.8 Å². The summed E-state index contributed by atoms with van der Waals surface area (Å²) in [5, 5.41) is 19.9. The van der Waals surface area contributed by atoms with Gasteiger partial charge in [-0.25, -0.2) is 13.8 Å². The maximum absolute atomic E-state index is 15.7. The van der Waals surface area contributed by atoms with Gasteiger partial charge in [0.1, 0.15) is 24.0 Å². The Balaban J connectivity index is 1.57. The van der Waals surface area contributed by atoms with Crippen LogP contribution in [0.15, 0.2) is 52.3 Å². The normalized spacial score (nSPS) is 23.1. The second kappa shape index (κ2) is 13.7. The number of amides is 1. The van der Waals surface area contributed by atoms with Crippen molar-refractivity contribution in [3.8, 4) is 16.9 Å². The first-order valence-electron chi connectivity index (χ1n) is 14.2. The van der Waals surface area contributed by atoms with Crippen molar-refractivity contribution >= 4 is 19.6 Å². The molecule has 0 spiro atoms. The molecule has 0 aliphatic carbocycles. The fraction of sp³-hybridized carbons (Fsp3) is 0.464. The number of alkyl halides is 1. The number of nitrogens with zero attached hydrogens (tertiary/aromatic N) is 3. The lowest BCUT2D eigenvalue weighted by Gasteiger charge is -2.25. The lowest BCUT2D eigenvalue weighted by atomic mass is 9.98. The highest BCUT2D eigenvalue weighted by Gasteiger charge is 2.56. The maximum atomic E-state index is 15.7. The third kappa shape index (κ3) is 7.62. The van der Waals surface area contributed by atoms with Gasteiger partial charge in [0.25, 0.3) is 11.5 Å². The van der Waals surface area contributed by atoms with Gasteiger partial charge in [-0.1, -0.05) is 12.1 Å². The Labute approximate surface area is 262 Å². The number of ether oxygens (including phenoxy) is 2. The molecule has 6 atom stereocenters. The van der Waals surface area contributed by atoms with Crippen molar-refractivity contribution < 1.29 is 42.2 Å². The fourth-order valence-corrected chi connectivity index (χ4v) is 6.17. The highest BCUT2D eigenvalue weighted by atomic mass is 31.2. The van der Waals surface area contributed by atoms with Crippen molar-refractivity contribution in [2.45, 2.75) is 63.9 Å². The van der Waals surface area contributed by atoms with Gasteiger partial charge in [0, 0.05) is 38.1 Å². The quantitative estimate of drug-likeness (QED) is 0.160. The van der Waals surface area contributed by atoms with Crippen LogP contribution in [0, 0.1) is 0 Å². The van der Waals surface area contributed by atoms with E-state index < -0.39 is 73.7 Å². The van der Waals surface area contributed by atoms with E-state index in [0.717, 1.165) is 23.8 Å². The fourth-order valence-electron chi connectivity index (χ4n) is 4.67. The third-order valence-corrected chi connectivity index (χ3v) is 8.59. The minimum Gasteiger partial charge on any atom is -0.462 e. The van der Waals surface area contributed by atoms with Crippen LogP contribution in [0.1, 0.15) is 44.4 Å². The Morgan fingerprint density at radius 3 is 2.50 bits per heavy atom. The molecular weight excluding hydrogens is 630 g/mol. The first-order chi connectivity index (χ1) is 21.5. The van der Waals surface area contributed by atoms with Crippen LogP contribution in [0.2, 0.25) is 0 Å². The summed E-state index contributed by atoms with van der Waals surface area (Å²) < 4.78 is 54.0. The van der Waals surface area contributed by atoms with Gasteiger partial charge >= 0.3 is 19.4 Å². The highest BCUT2D eigenvalue weighted by molar-refractivity contribution is 7.52. The second-order valence-corrected chi connectivity index (χ2v) is 12.7. The Hall–Kier alpha value is -4.15. The molecule has 1 aromatic carbocycles. The number of aliphatic hydroxyl groups is 1. The molecule has 1 fully saturated rings. The van der Waals surface area contributed by atoms with Gasteiger partial charge in [-0.15, -0.1) is 0 Å². The van der Waals surface area contributed by atoms with Crippen molar-refractivity contribution in [1.82, 2.24) is 29.7 Å². The van der Waals surface area contributed by atoms with Crippen LogP contribution in [0.5, 0.6) is 5.75 Å². The molecule has 4 rings (SSSR count). The largest absolute Gasteiger partial charge is 0.462 e. The minimum atomic E-state index is -4.50. The summed E-state index contributed by atoms with van der Waals surface area (Å²) in [5.74, 6) is -1.13. The molecule has 1 aliphatic rings. The van der Waals surface area contributed by atoms with E-state index in [1.807, 2.05) is 4.98 Å². The van der Waals surface area contributed by atoms with Gasteiger partial charge < -0.3 is 24.4 Å². The number of aromatic amines is 1. The smallest absolute Gasteiger partial charge is 0.459 e. The van der Waals surface area contributed by atoms with Crippen LogP contribution < -0.4 is 26.2 Å². The topological polar surface area (TPSA) is 205 Å². The predicted molar refractivity (Wildman–Crippen MR) is 161 cm³/mol. The number of halogens is 1. The lowest BCUT2D eigenvalue weighted by molar-refractivity contribution is -0.149. The average Bonchev–Trinajstić information content (AvgIpc) is 3.48. The zero-order valence-electron chi connectivity index (χ0n) is 25.9. The standard InChI is InChI=1S/C28H36FN6O10P/c1-15(2)43-25(39)16(3)33-46(41,45-18-9-7-17(8-10-18)19-13-34(6)32-22(19)24(38)30-5)42-14-20-23(37)28(4,29)26(44-20)35-12-11-21(36)31-27(35)40/h7-13,15-16,20,23,26,37H,14H2,1-6H3,(H,30,38)(H,33,41)(H,31,36,40)/t16-,20+,23+,26+,28+,46?/m0/s1. The van der Waals surface area contributed by atoms with Crippen LogP contribution >= 0.6 is 7.75 Å². The molecule has 0 bridgehead atoms. The number of aliphatic hydroxyl groups excluding tert-OH is 1. The zero-order valence-corrected chi connectivity index (χ0v) is 26.8. The number of aromatic nitrogens is 4. The number of carbonyl (C=O) groups is 2. The van der Waals surface area contributed by atoms with Crippen LogP contribution in [0.3, 0.4) is 0 Å². The Morgan fingerprint density at radius 1 is 1.22 bits per heavy atom. The van der Waals surface area contributed by atoms with Crippen molar-refractivity contribution in [3.63, 3.8) is 0 Å².